The number of unbranched alkanes of at least 4 members (excludes halogenated alkanes) is 9. The summed E-state index contributed by atoms with van der Waals surface area (Å²) >= 11 is 0. The molecule has 0 aliphatic rings. The van der Waals surface area contributed by atoms with Crippen molar-refractivity contribution < 1.29 is 57.2 Å². The Morgan fingerprint density at radius 1 is 0.396 bits per heavy atom. The molecule has 0 unspecified atom stereocenters. The van der Waals surface area contributed by atoms with Crippen LogP contribution in [0.5, 0.6) is 0 Å². The third-order valence-corrected chi connectivity index (χ3v) is 7.09. The first-order valence-corrected chi connectivity index (χ1v) is 16.3. The third kappa shape index (κ3) is 23.2. The van der Waals surface area contributed by atoms with E-state index in [1.165, 1.54) is 0 Å². The van der Waals surface area contributed by atoms with Crippen LogP contribution in [-0.2, 0) is 57.2 Å². The van der Waals surface area contributed by atoms with Crippen LogP contribution in [0.25, 0.3) is 0 Å². The van der Waals surface area contributed by atoms with Gasteiger partial charge in [-0.25, -0.2) is 19.2 Å². The molecule has 0 N–H and O–H groups in total. The van der Waals surface area contributed by atoms with Gasteiger partial charge in [0.05, 0.1) is 10.8 Å². The molecule has 0 atom stereocenters. The lowest BCUT2D eigenvalue weighted by Gasteiger charge is -2.27. The highest BCUT2D eigenvalue weighted by molar-refractivity contribution is 5.82. The Bertz CT molecular complexity index is 945. The summed E-state index contributed by atoms with van der Waals surface area (Å²) in [6.45, 7) is 16.1. The fraction of sp³-hybridized carbons (Fsp3) is 0.611. The van der Waals surface area contributed by atoms with Crippen molar-refractivity contribution >= 4 is 35.8 Å². The molecule has 0 spiro atoms. The topological polar surface area (TPSA) is 158 Å². The van der Waals surface area contributed by atoms with Gasteiger partial charge in [-0.15, -0.1) is 0 Å². The van der Waals surface area contributed by atoms with Crippen LogP contribution < -0.4 is 0 Å². The highest BCUT2D eigenvalue weighted by Crippen LogP contribution is 2.21. The van der Waals surface area contributed by atoms with Crippen LogP contribution in [0.15, 0.2) is 50.6 Å². The molecule has 270 valence electrons. The van der Waals surface area contributed by atoms with Gasteiger partial charge in [0.2, 0.25) is 0 Å². The van der Waals surface area contributed by atoms with Crippen LogP contribution in [0.3, 0.4) is 0 Å². The molecule has 0 saturated carbocycles. The van der Waals surface area contributed by atoms with E-state index in [0.29, 0.717) is 12.8 Å². The minimum absolute atomic E-state index is 0.0780. The molecule has 0 radical (unpaired) electrons. The van der Waals surface area contributed by atoms with Gasteiger partial charge in [-0.05, 0) is 26.7 Å². The second kappa shape index (κ2) is 25.8. The van der Waals surface area contributed by atoms with Crippen molar-refractivity contribution in [3.63, 3.8) is 0 Å². The molecule has 0 aromatic heterocycles. The van der Waals surface area contributed by atoms with Crippen LogP contribution >= 0.6 is 0 Å². The Kier molecular flexibility index (Phi) is 23.5. The van der Waals surface area contributed by atoms with E-state index in [4.69, 9.17) is 28.4 Å². The molecule has 0 aliphatic carbocycles. The van der Waals surface area contributed by atoms with Gasteiger partial charge < -0.3 is 28.4 Å². The highest BCUT2D eigenvalue weighted by atomic mass is 16.6. The molecule has 48 heavy (non-hydrogen) atoms. The van der Waals surface area contributed by atoms with E-state index in [-0.39, 0.29) is 64.4 Å². The largest absolute Gasteiger partial charge is 0.465 e. The lowest BCUT2D eigenvalue weighted by Crippen LogP contribution is -2.36. The van der Waals surface area contributed by atoms with E-state index in [0.717, 1.165) is 75.7 Å². The second-order valence-corrected chi connectivity index (χ2v) is 12.2. The maximum absolute atomic E-state index is 12.2. The van der Waals surface area contributed by atoms with Crippen LogP contribution in [0.2, 0.25) is 0 Å². The SMILES string of the molecule is C=CC(=O)OCC(C)(COC(=O)C=C)COC(=O)CCCCCCCCCCCCC(=O)OCC(C)(COC(=O)C=C)COC(=O)C=C. The van der Waals surface area contributed by atoms with E-state index in [1.54, 1.807) is 13.8 Å². The molecule has 0 fully saturated rings. The summed E-state index contributed by atoms with van der Waals surface area (Å²) in [7, 11) is 0. The minimum atomic E-state index is -0.909. The molecule has 0 rings (SSSR count). The fourth-order valence-corrected chi connectivity index (χ4v) is 4.07. The minimum Gasteiger partial charge on any atom is -0.465 e. The van der Waals surface area contributed by atoms with E-state index in [1.807, 2.05) is 0 Å². The van der Waals surface area contributed by atoms with Crippen LogP contribution in [-0.4, -0.2) is 75.5 Å². The standard InChI is InChI=1S/C36H54O12/c1-7-29(37)43-23-35(5,24-44-30(38)8-2)27-47-33(41)21-19-17-15-13-11-12-14-16-18-20-22-34(42)48-28-36(6,25-45-31(39)9-3)26-46-32(40)10-4/h7-10H,1-4,11-28H2,5-6H3. The zero-order valence-electron chi connectivity index (χ0n) is 28.8. The molecule has 0 heterocycles. The molecular formula is C36H54O12. The quantitative estimate of drug-likeness (QED) is 0.0413. The van der Waals surface area contributed by atoms with Gasteiger partial charge in [-0.2, -0.15) is 0 Å². The number of ether oxygens (including phenoxy) is 6. The van der Waals surface area contributed by atoms with E-state index in [2.05, 4.69) is 26.3 Å². The normalized spacial score (nSPS) is 11.0. The zero-order chi connectivity index (χ0) is 36.3. The Morgan fingerprint density at radius 3 is 0.833 bits per heavy atom. The summed E-state index contributed by atoms with van der Waals surface area (Å²) in [4.78, 5) is 70.3. The molecule has 12 nitrogen and oxygen atoms in total. The molecule has 0 saturated heterocycles. The van der Waals surface area contributed by atoms with E-state index < -0.39 is 34.7 Å². The lowest BCUT2D eigenvalue weighted by molar-refractivity contribution is -0.159. The molecule has 0 amide bonds. The first-order chi connectivity index (χ1) is 22.8. The maximum Gasteiger partial charge on any atom is 0.330 e. The number of hydrogen-bond donors (Lipinski definition) is 0. The van der Waals surface area contributed by atoms with Crippen molar-refractivity contribution in [2.45, 2.75) is 90.9 Å². The fourth-order valence-electron chi connectivity index (χ4n) is 4.07. The van der Waals surface area contributed by atoms with Crippen molar-refractivity contribution in [1.29, 1.82) is 0 Å². The smallest absolute Gasteiger partial charge is 0.330 e. The van der Waals surface area contributed by atoms with Gasteiger partial charge in [0.15, 0.2) is 0 Å². The van der Waals surface area contributed by atoms with Crippen LogP contribution in [0.1, 0.15) is 90.9 Å². The predicted octanol–water partition coefficient (Wildman–Crippen LogP) is 5.68. The summed E-state index contributed by atoms with van der Waals surface area (Å²) in [5.74, 6) is -3.25. The number of carbonyl (C=O) groups is 6. The van der Waals surface area contributed by atoms with Crippen molar-refractivity contribution in [3.05, 3.63) is 50.6 Å². The Hall–Kier alpha value is -4.22. The maximum atomic E-state index is 12.2. The number of hydrogen-bond acceptors (Lipinski definition) is 12. The van der Waals surface area contributed by atoms with Gasteiger partial charge in [0, 0.05) is 37.1 Å². The van der Waals surface area contributed by atoms with Crippen LogP contribution in [0.4, 0.5) is 0 Å². The average Bonchev–Trinajstić information content (AvgIpc) is 3.09. The zero-order valence-corrected chi connectivity index (χ0v) is 28.8. The molecule has 0 aliphatic heterocycles. The molecule has 12 heteroatoms. The lowest BCUT2D eigenvalue weighted by atomic mass is 9.94. The average molecular weight is 679 g/mol. The van der Waals surface area contributed by atoms with Gasteiger partial charge in [0.25, 0.3) is 0 Å². The molecule has 0 aromatic carbocycles. The number of rotatable bonds is 29. The van der Waals surface area contributed by atoms with Crippen molar-refractivity contribution in [2.75, 3.05) is 39.6 Å². The van der Waals surface area contributed by atoms with E-state index in [9.17, 15) is 28.8 Å². The monoisotopic (exact) mass is 678 g/mol. The molecular weight excluding hydrogens is 624 g/mol. The van der Waals surface area contributed by atoms with Crippen molar-refractivity contribution in [3.8, 4) is 0 Å². The van der Waals surface area contributed by atoms with Gasteiger partial charge in [-0.3, -0.25) is 9.59 Å². The summed E-state index contributed by atoms with van der Waals surface area (Å²) < 4.78 is 31.1. The number of esters is 6. The number of carbonyl (C=O) groups excluding carboxylic acids is 6. The summed E-state index contributed by atoms with van der Waals surface area (Å²) in [5.41, 5.74) is -1.82. The first-order valence-electron chi connectivity index (χ1n) is 16.3. The molecule has 0 bridgehead atoms. The van der Waals surface area contributed by atoms with Crippen molar-refractivity contribution in [1.82, 2.24) is 0 Å². The van der Waals surface area contributed by atoms with Gasteiger partial charge in [-0.1, -0.05) is 77.7 Å². The van der Waals surface area contributed by atoms with Crippen LogP contribution in [0, 0.1) is 10.8 Å². The molecule has 0 aromatic rings. The second-order valence-electron chi connectivity index (χ2n) is 12.2. The Balaban J connectivity index is 4.09. The van der Waals surface area contributed by atoms with Gasteiger partial charge in [0.1, 0.15) is 39.6 Å². The Labute approximate surface area is 284 Å². The van der Waals surface area contributed by atoms with E-state index >= 15 is 0 Å². The summed E-state index contributed by atoms with van der Waals surface area (Å²) in [6.07, 6.45) is 14.1. The predicted molar refractivity (Wildman–Crippen MR) is 178 cm³/mol. The van der Waals surface area contributed by atoms with Crippen molar-refractivity contribution in [2.24, 2.45) is 10.8 Å². The summed E-state index contributed by atoms with van der Waals surface area (Å²) in [5, 5.41) is 0. The highest BCUT2D eigenvalue weighted by Gasteiger charge is 2.31. The first kappa shape index (κ1) is 43.8. The summed E-state index contributed by atoms with van der Waals surface area (Å²) in [6, 6.07) is 0. The Morgan fingerprint density at radius 2 is 0.604 bits per heavy atom. The third-order valence-electron chi connectivity index (χ3n) is 7.09. The van der Waals surface area contributed by atoms with Gasteiger partial charge >= 0.3 is 35.8 Å².